The lowest BCUT2D eigenvalue weighted by Gasteiger charge is -2.11. The van der Waals surface area contributed by atoms with Crippen LogP contribution in [0.2, 0.25) is 0 Å². The van der Waals surface area contributed by atoms with Crippen molar-refractivity contribution >= 4 is 28.3 Å². The average molecular weight is 368 g/mol. The summed E-state index contributed by atoms with van der Waals surface area (Å²) in [6.07, 6.45) is -8.14. The molecule has 10 heteroatoms. The van der Waals surface area contributed by atoms with Gasteiger partial charge in [-0.3, -0.25) is 10.1 Å². The van der Waals surface area contributed by atoms with E-state index in [2.05, 4.69) is 4.98 Å². The van der Waals surface area contributed by atoms with Crippen molar-refractivity contribution in [3.8, 4) is 0 Å². The monoisotopic (exact) mass is 368 g/mol. The minimum atomic E-state index is -5.09. The molecule has 1 rings (SSSR count). The van der Waals surface area contributed by atoms with Crippen LogP contribution in [0.25, 0.3) is 0 Å². The molecule has 0 saturated heterocycles. The summed E-state index contributed by atoms with van der Waals surface area (Å²) in [6, 6.07) is 0. The predicted octanol–water partition coefficient (Wildman–Crippen LogP) is 3.55. The van der Waals surface area contributed by atoms with Crippen LogP contribution in [0, 0.1) is 13.7 Å². The van der Waals surface area contributed by atoms with Gasteiger partial charge in [-0.05, 0) is 22.6 Å². The third-order valence-electron chi connectivity index (χ3n) is 1.71. The maximum Gasteiger partial charge on any atom is 0.424 e. The van der Waals surface area contributed by atoms with Gasteiger partial charge in [0.1, 0.15) is 11.9 Å². The lowest BCUT2D eigenvalue weighted by Crippen LogP contribution is -2.14. The Balaban J connectivity index is 3.60. The van der Waals surface area contributed by atoms with Gasteiger partial charge in [-0.25, -0.2) is 13.8 Å². The van der Waals surface area contributed by atoms with Crippen LogP contribution in [0.1, 0.15) is 17.7 Å². The summed E-state index contributed by atoms with van der Waals surface area (Å²) in [6.45, 7) is 0. The number of aromatic nitrogens is 1. The molecule has 0 aliphatic heterocycles. The van der Waals surface area contributed by atoms with Gasteiger partial charge in [0.25, 0.3) is 6.43 Å². The minimum Gasteiger partial charge on any atom is -0.258 e. The van der Waals surface area contributed by atoms with Crippen molar-refractivity contribution in [1.29, 1.82) is 0 Å². The second kappa shape index (κ2) is 4.66. The molecule has 0 N–H and O–H groups in total. The molecule has 94 valence electrons. The van der Waals surface area contributed by atoms with E-state index in [1.54, 1.807) is 0 Å². The molecular weight excluding hydrogens is 366 g/mol. The Labute approximate surface area is 104 Å². The smallest absolute Gasteiger partial charge is 0.258 e. The number of halogens is 6. The molecule has 0 aliphatic carbocycles. The van der Waals surface area contributed by atoms with Gasteiger partial charge >= 0.3 is 11.9 Å². The number of hydrogen-bond acceptors (Lipinski definition) is 3. The van der Waals surface area contributed by atoms with Crippen molar-refractivity contribution in [3.05, 3.63) is 31.1 Å². The number of nitro groups is 1. The number of nitrogens with zero attached hydrogens (tertiary/aromatic N) is 2. The van der Waals surface area contributed by atoms with Crippen LogP contribution in [-0.4, -0.2) is 9.91 Å². The van der Waals surface area contributed by atoms with Crippen LogP contribution in [0.3, 0.4) is 0 Å². The first-order valence-corrected chi connectivity index (χ1v) is 4.92. The first-order valence-electron chi connectivity index (χ1n) is 3.84. The molecular formula is C7H2F5IN2O2. The number of rotatable bonds is 2. The molecule has 0 aliphatic rings. The van der Waals surface area contributed by atoms with Gasteiger partial charge in [0.05, 0.1) is 8.49 Å². The van der Waals surface area contributed by atoms with E-state index in [0.29, 0.717) is 0 Å². The molecule has 0 aromatic carbocycles. The van der Waals surface area contributed by atoms with Gasteiger partial charge in [0.15, 0.2) is 5.56 Å². The quantitative estimate of drug-likeness (QED) is 0.347. The standard InChI is InChI=1S/C7H2F5IN2O2/c8-6(9)5-4(13)3(7(10,11)12)2(1-14-5)15(16)17/h1,6H. The number of hydrogen-bond donors (Lipinski definition) is 0. The molecule has 0 bridgehead atoms. The summed E-state index contributed by atoms with van der Waals surface area (Å²) >= 11 is 0.973. The Morgan fingerprint density at radius 2 is 1.94 bits per heavy atom. The Kier molecular flexibility index (Phi) is 3.84. The van der Waals surface area contributed by atoms with Crippen molar-refractivity contribution in [1.82, 2.24) is 4.98 Å². The molecule has 0 fully saturated rings. The van der Waals surface area contributed by atoms with Gasteiger partial charge in [-0.1, -0.05) is 0 Å². The largest absolute Gasteiger partial charge is 0.424 e. The van der Waals surface area contributed by atoms with E-state index in [1.807, 2.05) is 0 Å². The van der Waals surface area contributed by atoms with Crippen molar-refractivity contribution in [2.75, 3.05) is 0 Å². The first-order chi connectivity index (χ1) is 7.66. The Morgan fingerprint density at radius 3 is 2.29 bits per heavy atom. The SMILES string of the molecule is O=[N+]([O-])c1cnc(C(F)F)c(I)c1C(F)(F)F. The van der Waals surface area contributed by atoms with Crippen molar-refractivity contribution < 1.29 is 26.9 Å². The summed E-state index contributed by atoms with van der Waals surface area (Å²) in [5.41, 5.74) is -4.16. The van der Waals surface area contributed by atoms with Crippen molar-refractivity contribution in [2.24, 2.45) is 0 Å². The summed E-state index contributed by atoms with van der Waals surface area (Å²) in [7, 11) is 0. The van der Waals surface area contributed by atoms with Crippen LogP contribution in [0.15, 0.2) is 6.20 Å². The van der Waals surface area contributed by atoms with Crippen molar-refractivity contribution in [2.45, 2.75) is 12.6 Å². The normalized spacial score (nSPS) is 11.9. The topological polar surface area (TPSA) is 56.0 Å². The molecule has 1 aromatic rings. The lowest BCUT2D eigenvalue weighted by molar-refractivity contribution is -0.388. The Morgan fingerprint density at radius 1 is 1.41 bits per heavy atom. The molecule has 0 atom stereocenters. The van der Waals surface area contributed by atoms with Gasteiger partial charge in [-0.2, -0.15) is 13.2 Å². The maximum absolute atomic E-state index is 12.5. The second-order valence-corrected chi connectivity index (χ2v) is 3.85. The van der Waals surface area contributed by atoms with Crippen LogP contribution < -0.4 is 0 Å². The third kappa shape index (κ3) is 2.79. The molecule has 0 radical (unpaired) electrons. The summed E-state index contributed by atoms with van der Waals surface area (Å²) < 4.78 is 61.3. The molecule has 4 nitrogen and oxygen atoms in total. The van der Waals surface area contributed by atoms with Crippen molar-refractivity contribution in [3.63, 3.8) is 0 Å². The minimum absolute atomic E-state index is 0.187. The van der Waals surface area contributed by atoms with E-state index in [0.717, 1.165) is 22.6 Å². The fourth-order valence-corrected chi connectivity index (χ4v) is 2.01. The molecule has 0 unspecified atom stereocenters. The molecule has 0 spiro atoms. The van der Waals surface area contributed by atoms with Crippen LogP contribution >= 0.6 is 22.6 Å². The van der Waals surface area contributed by atoms with E-state index in [9.17, 15) is 32.1 Å². The van der Waals surface area contributed by atoms with E-state index in [4.69, 9.17) is 0 Å². The van der Waals surface area contributed by atoms with Crippen LogP contribution in [0.4, 0.5) is 27.6 Å². The van der Waals surface area contributed by atoms with Gasteiger partial charge in [0.2, 0.25) is 0 Å². The van der Waals surface area contributed by atoms with Gasteiger partial charge < -0.3 is 0 Å². The van der Waals surface area contributed by atoms with E-state index in [-0.39, 0.29) is 6.20 Å². The zero-order valence-electron chi connectivity index (χ0n) is 7.63. The highest BCUT2D eigenvalue weighted by atomic mass is 127. The lowest BCUT2D eigenvalue weighted by atomic mass is 10.2. The predicted molar refractivity (Wildman–Crippen MR) is 53.6 cm³/mol. The molecule has 0 saturated carbocycles. The first kappa shape index (κ1) is 14.0. The fraction of sp³-hybridized carbons (Fsp3) is 0.286. The van der Waals surface area contributed by atoms with Gasteiger partial charge in [-0.15, -0.1) is 0 Å². The molecule has 1 heterocycles. The Hall–Kier alpha value is -1.07. The molecule has 17 heavy (non-hydrogen) atoms. The average Bonchev–Trinajstić information content (AvgIpc) is 2.14. The third-order valence-corrected chi connectivity index (χ3v) is 2.81. The highest BCUT2D eigenvalue weighted by Gasteiger charge is 2.42. The van der Waals surface area contributed by atoms with E-state index < -0.39 is 38.0 Å². The Bertz CT molecular complexity index is 462. The molecule has 1 aromatic heterocycles. The van der Waals surface area contributed by atoms with Crippen LogP contribution in [-0.2, 0) is 6.18 Å². The fourth-order valence-electron chi connectivity index (χ4n) is 1.05. The van der Waals surface area contributed by atoms with E-state index >= 15 is 0 Å². The highest BCUT2D eigenvalue weighted by molar-refractivity contribution is 14.1. The second-order valence-electron chi connectivity index (χ2n) is 2.77. The number of pyridine rings is 1. The maximum atomic E-state index is 12.5. The summed E-state index contributed by atoms with van der Waals surface area (Å²) in [4.78, 5) is 12.0. The highest BCUT2D eigenvalue weighted by Crippen LogP contribution is 2.41. The zero-order chi connectivity index (χ0) is 13.4. The van der Waals surface area contributed by atoms with Gasteiger partial charge in [0, 0.05) is 0 Å². The zero-order valence-corrected chi connectivity index (χ0v) is 9.79. The summed E-state index contributed by atoms with van der Waals surface area (Å²) in [5.74, 6) is 0. The number of alkyl halides is 5. The van der Waals surface area contributed by atoms with Crippen LogP contribution in [0.5, 0.6) is 0 Å². The van der Waals surface area contributed by atoms with E-state index in [1.165, 1.54) is 0 Å². The molecule has 0 amide bonds. The summed E-state index contributed by atoms with van der Waals surface area (Å²) in [5, 5.41) is 10.4.